The minimum atomic E-state index is -0.581. The van der Waals surface area contributed by atoms with Crippen molar-refractivity contribution < 1.29 is 18.0 Å². The van der Waals surface area contributed by atoms with Crippen molar-refractivity contribution in [1.82, 2.24) is 25.3 Å². The number of aromatic nitrogens is 4. The van der Waals surface area contributed by atoms with Crippen LogP contribution in [-0.4, -0.2) is 31.9 Å². The minimum absolute atomic E-state index is 0.00298. The summed E-state index contributed by atoms with van der Waals surface area (Å²) in [5, 5.41) is 15.9. The van der Waals surface area contributed by atoms with E-state index in [2.05, 4.69) is 20.6 Å². The zero-order valence-corrected chi connectivity index (χ0v) is 18.3. The molecule has 1 saturated carbocycles. The maximum Gasteiger partial charge on any atom is 0.251 e. The van der Waals surface area contributed by atoms with E-state index in [-0.39, 0.29) is 29.0 Å². The lowest BCUT2D eigenvalue weighted by Crippen LogP contribution is -2.37. The molecule has 0 saturated heterocycles. The van der Waals surface area contributed by atoms with Crippen molar-refractivity contribution in [3.63, 3.8) is 0 Å². The molecule has 2 aromatic carbocycles. The van der Waals surface area contributed by atoms with Gasteiger partial charge in [0.2, 0.25) is 11.8 Å². The Kier molecular flexibility index (Phi) is 5.39. The third-order valence-corrected chi connectivity index (χ3v) is 6.25. The summed E-state index contributed by atoms with van der Waals surface area (Å²) in [4.78, 5) is 12.7. The number of halogens is 2. The van der Waals surface area contributed by atoms with Gasteiger partial charge in [-0.15, -0.1) is 10.2 Å². The molecule has 170 valence electrons. The van der Waals surface area contributed by atoms with Crippen LogP contribution in [-0.2, 0) is 7.05 Å². The highest BCUT2D eigenvalue weighted by Crippen LogP contribution is 2.33. The summed E-state index contributed by atoms with van der Waals surface area (Å²) in [7, 11) is 1.72. The standard InChI is InChI=1S/C24H23F2N5O2/c1-13-28-29-24(33-13)14-3-7-17(8-4-14)27-23(32)15-5-9-18(20(26)11-15)22-19-12-16(25)6-10-21(19)31(2)30-22/h5-6,9-12,14,17H,3-4,7-8H2,1-2H3,(H,27,32). The summed E-state index contributed by atoms with van der Waals surface area (Å²) in [5.41, 5.74) is 1.49. The van der Waals surface area contributed by atoms with E-state index in [1.807, 2.05) is 0 Å². The molecule has 2 heterocycles. The number of benzene rings is 2. The van der Waals surface area contributed by atoms with E-state index in [1.165, 1.54) is 24.3 Å². The molecule has 1 fully saturated rings. The molecule has 4 aromatic rings. The van der Waals surface area contributed by atoms with Crippen LogP contribution >= 0.6 is 0 Å². The van der Waals surface area contributed by atoms with E-state index >= 15 is 4.39 Å². The van der Waals surface area contributed by atoms with Gasteiger partial charge in [-0.2, -0.15) is 5.10 Å². The van der Waals surface area contributed by atoms with Crippen molar-refractivity contribution in [3.05, 3.63) is 65.4 Å². The summed E-state index contributed by atoms with van der Waals surface area (Å²) in [6.07, 6.45) is 3.24. The lowest BCUT2D eigenvalue weighted by Gasteiger charge is -2.27. The predicted molar refractivity (Wildman–Crippen MR) is 118 cm³/mol. The monoisotopic (exact) mass is 451 g/mol. The van der Waals surface area contributed by atoms with Gasteiger partial charge >= 0.3 is 0 Å². The highest BCUT2D eigenvalue weighted by atomic mass is 19.1. The summed E-state index contributed by atoms with van der Waals surface area (Å²) in [6, 6.07) is 8.58. The lowest BCUT2D eigenvalue weighted by molar-refractivity contribution is 0.0924. The van der Waals surface area contributed by atoms with Crippen molar-refractivity contribution in [2.75, 3.05) is 0 Å². The van der Waals surface area contributed by atoms with Gasteiger partial charge in [-0.05, 0) is 62.1 Å². The van der Waals surface area contributed by atoms with E-state index in [9.17, 15) is 9.18 Å². The number of carbonyl (C=O) groups is 1. The molecule has 7 nitrogen and oxygen atoms in total. The van der Waals surface area contributed by atoms with Crippen LogP contribution < -0.4 is 5.32 Å². The van der Waals surface area contributed by atoms with E-state index in [1.54, 1.807) is 30.8 Å². The maximum atomic E-state index is 15.0. The van der Waals surface area contributed by atoms with Crippen LogP contribution in [0.3, 0.4) is 0 Å². The number of fused-ring (bicyclic) bond motifs is 1. The molecule has 1 aliphatic rings. The van der Waals surface area contributed by atoms with Crippen LogP contribution in [0.2, 0.25) is 0 Å². The predicted octanol–water partition coefficient (Wildman–Crippen LogP) is 4.67. The van der Waals surface area contributed by atoms with Crippen molar-refractivity contribution in [3.8, 4) is 11.3 Å². The highest BCUT2D eigenvalue weighted by molar-refractivity contribution is 5.97. The fourth-order valence-electron chi connectivity index (χ4n) is 4.52. The quantitative estimate of drug-likeness (QED) is 0.488. The molecule has 0 atom stereocenters. The minimum Gasteiger partial charge on any atom is -0.425 e. The summed E-state index contributed by atoms with van der Waals surface area (Å²) in [5.74, 6) is 0.0784. The van der Waals surface area contributed by atoms with E-state index < -0.39 is 11.6 Å². The van der Waals surface area contributed by atoms with Gasteiger partial charge in [-0.25, -0.2) is 8.78 Å². The number of rotatable bonds is 4. The molecule has 1 aliphatic carbocycles. The average Bonchev–Trinajstić information content (AvgIpc) is 3.37. The Morgan fingerprint density at radius 3 is 2.58 bits per heavy atom. The number of aryl methyl sites for hydroxylation is 2. The Labute approximate surface area is 188 Å². The molecule has 0 radical (unpaired) electrons. The Bertz CT molecular complexity index is 1340. The number of nitrogens with one attached hydrogen (secondary N) is 1. The Morgan fingerprint density at radius 2 is 1.88 bits per heavy atom. The SMILES string of the molecule is Cc1nnc(C2CCC(NC(=O)c3ccc(-c4nn(C)c5ccc(F)cc45)c(F)c3)CC2)o1. The molecule has 0 unspecified atom stereocenters. The first-order valence-electron chi connectivity index (χ1n) is 10.9. The van der Waals surface area contributed by atoms with Crippen LogP contribution in [0.1, 0.15) is 53.7 Å². The van der Waals surface area contributed by atoms with Crippen molar-refractivity contribution in [1.29, 1.82) is 0 Å². The number of hydrogen-bond donors (Lipinski definition) is 1. The molecule has 1 N–H and O–H groups in total. The molecule has 9 heteroatoms. The molecule has 0 bridgehead atoms. The average molecular weight is 451 g/mol. The molecule has 33 heavy (non-hydrogen) atoms. The Hall–Kier alpha value is -3.62. The zero-order chi connectivity index (χ0) is 23.1. The first-order valence-corrected chi connectivity index (χ1v) is 10.9. The van der Waals surface area contributed by atoms with Gasteiger partial charge in [0.25, 0.3) is 5.91 Å². The van der Waals surface area contributed by atoms with E-state index in [0.29, 0.717) is 28.4 Å². The first kappa shape index (κ1) is 21.2. The summed E-state index contributed by atoms with van der Waals surface area (Å²) < 4.78 is 35.9. The number of nitrogens with zero attached hydrogens (tertiary/aromatic N) is 4. The molecule has 1 amide bonds. The molecular weight excluding hydrogens is 428 g/mol. The van der Waals surface area contributed by atoms with Gasteiger partial charge in [-0.1, -0.05) is 0 Å². The molecule has 2 aromatic heterocycles. The fourth-order valence-corrected chi connectivity index (χ4v) is 4.52. The number of amides is 1. The number of hydrogen-bond acceptors (Lipinski definition) is 5. The molecule has 0 spiro atoms. The van der Waals surface area contributed by atoms with Gasteiger partial charge < -0.3 is 9.73 Å². The lowest BCUT2D eigenvalue weighted by atomic mass is 9.86. The second-order valence-corrected chi connectivity index (χ2v) is 8.51. The number of carbonyl (C=O) groups excluding carboxylic acids is 1. The molecule has 0 aliphatic heterocycles. The van der Waals surface area contributed by atoms with E-state index in [4.69, 9.17) is 4.42 Å². The van der Waals surface area contributed by atoms with Gasteiger partial charge in [0.15, 0.2) is 0 Å². The first-order chi connectivity index (χ1) is 15.9. The normalized spacial score (nSPS) is 18.5. The Morgan fingerprint density at radius 1 is 1.09 bits per heavy atom. The van der Waals surface area contributed by atoms with Gasteiger partial charge in [0, 0.05) is 42.4 Å². The molecule has 5 rings (SSSR count). The second kappa shape index (κ2) is 8.38. The van der Waals surface area contributed by atoms with Gasteiger partial charge in [-0.3, -0.25) is 9.48 Å². The topological polar surface area (TPSA) is 85.8 Å². The third-order valence-electron chi connectivity index (χ3n) is 6.25. The molecular formula is C24H23F2N5O2. The Balaban J connectivity index is 1.29. The van der Waals surface area contributed by atoms with Crippen molar-refractivity contribution in [2.24, 2.45) is 7.05 Å². The van der Waals surface area contributed by atoms with Crippen LogP contribution in [0.15, 0.2) is 40.8 Å². The second-order valence-electron chi connectivity index (χ2n) is 8.51. The van der Waals surface area contributed by atoms with Crippen LogP contribution in [0.4, 0.5) is 8.78 Å². The fraction of sp³-hybridized carbons (Fsp3) is 0.333. The smallest absolute Gasteiger partial charge is 0.251 e. The van der Waals surface area contributed by atoms with Gasteiger partial charge in [0.1, 0.15) is 17.3 Å². The van der Waals surface area contributed by atoms with Crippen molar-refractivity contribution >= 4 is 16.8 Å². The zero-order valence-electron chi connectivity index (χ0n) is 18.3. The summed E-state index contributed by atoms with van der Waals surface area (Å²) in [6.45, 7) is 1.77. The maximum absolute atomic E-state index is 15.0. The third kappa shape index (κ3) is 4.10. The van der Waals surface area contributed by atoms with E-state index in [0.717, 1.165) is 25.7 Å². The van der Waals surface area contributed by atoms with Crippen LogP contribution in [0.25, 0.3) is 22.2 Å². The van der Waals surface area contributed by atoms with Crippen LogP contribution in [0, 0.1) is 18.6 Å². The summed E-state index contributed by atoms with van der Waals surface area (Å²) >= 11 is 0. The van der Waals surface area contributed by atoms with Crippen molar-refractivity contribution in [2.45, 2.75) is 44.6 Å². The van der Waals surface area contributed by atoms with Gasteiger partial charge in [0.05, 0.1) is 5.52 Å². The van der Waals surface area contributed by atoms with Crippen LogP contribution in [0.5, 0.6) is 0 Å². The largest absolute Gasteiger partial charge is 0.425 e. The highest BCUT2D eigenvalue weighted by Gasteiger charge is 2.27.